The van der Waals surface area contributed by atoms with E-state index in [1.807, 2.05) is 20.8 Å². The molecule has 96 valence electrons. The molecule has 2 aromatic heterocycles. The van der Waals surface area contributed by atoms with Gasteiger partial charge < -0.3 is 10.3 Å². The fourth-order valence-corrected chi connectivity index (χ4v) is 1.34. The van der Waals surface area contributed by atoms with Crippen LogP contribution in [0.1, 0.15) is 32.7 Å². The van der Waals surface area contributed by atoms with Gasteiger partial charge in [-0.1, -0.05) is 25.9 Å². The third-order valence-corrected chi connectivity index (χ3v) is 2.60. The molecule has 0 aliphatic carbocycles. The Balaban J connectivity index is 2.28. The summed E-state index contributed by atoms with van der Waals surface area (Å²) in [6.07, 6.45) is 1.11. The second kappa shape index (κ2) is 4.45. The lowest BCUT2D eigenvalue weighted by molar-refractivity contribution is 0.253. The topological polar surface area (TPSA) is 77.8 Å². The number of nitrogens with zero attached hydrogens (tertiary/aromatic N) is 3. The number of hydrogen-bond acceptors (Lipinski definition) is 5. The predicted molar refractivity (Wildman–Crippen MR) is 63.9 cm³/mol. The Morgan fingerprint density at radius 3 is 2.61 bits per heavy atom. The Bertz CT molecular complexity index is 530. The van der Waals surface area contributed by atoms with Gasteiger partial charge in [0.15, 0.2) is 0 Å². The number of nitrogens with two attached hydrogens (primary N) is 1. The van der Waals surface area contributed by atoms with E-state index >= 15 is 0 Å². The summed E-state index contributed by atoms with van der Waals surface area (Å²) in [5, 5.41) is 3.80. The zero-order valence-corrected chi connectivity index (χ0v) is 10.5. The van der Waals surface area contributed by atoms with Crippen molar-refractivity contribution in [3.63, 3.8) is 0 Å². The van der Waals surface area contributed by atoms with Crippen molar-refractivity contribution in [3.8, 4) is 11.5 Å². The second-order valence-electron chi connectivity index (χ2n) is 5.16. The van der Waals surface area contributed by atoms with Crippen molar-refractivity contribution in [2.24, 2.45) is 11.1 Å². The Kier molecular flexibility index (Phi) is 3.13. The SMILES string of the molecule is CC(C)(C)[C@@H](N)c1nc(-c2ccc(F)cn2)no1. The molecule has 2 heterocycles. The first-order valence-electron chi connectivity index (χ1n) is 5.59. The number of aromatic nitrogens is 3. The van der Waals surface area contributed by atoms with E-state index < -0.39 is 5.82 Å². The van der Waals surface area contributed by atoms with Gasteiger partial charge in [0, 0.05) is 0 Å². The molecule has 0 aromatic carbocycles. The molecule has 0 aliphatic rings. The van der Waals surface area contributed by atoms with E-state index in [-0.39, 0.29) is 11.5 Å². The van der Waals surface area contributed by atoms with Crippen molar-refractivity contribution in [2.75, 3.05) is 0 Å². The van der Waals surface area contributed by atoms with E-state index in [1.54, 1.807) is 0 Å². The fraction of sp³-hybridized carbons (Fsp3) is 0.417. The van der Waals surface area contributed by atoms with E-state index in [9.17, 15) is 4.39 Å². The van der Waals surface area contributed by atoms with Crippen molar-refractivity contribution >= 4 is 0 Å². The van der Waals surface area contributed by atoms with Crippen molar-refractivity contribution in [1.29, 1.82) is 0 Å². The first kappa shape index (κ1) is 12.6. The van der Waals surface area contributed by atoms with Crippen LogP contribution < -0.4 is 5.73 Å². The lowest BCUT2D eigenvalue weighted by Gasteiger charge is -2.23. The highest BCUT2D eigenvalue weighted by molar-refractivity contribution is 5.47. The maximum atomic E-state index is 12.7. The first-order chi connectivity index (χ1) is 8.38. The molecular formula is C12H15FN4O. The molecule has 2 aromatic rings. The van der Waals surface area contributed by atoms with E-state index in [0.717, 1.165) is 6.20 Å². The number of pyridine rings is 1. The summed E-state index contributed by atoms with van der Waals surface area (Å²) in [6.45, 7) is 5.95. The minimum Gasteiger partial charge on any atom is -0.337 e. The summed E-state index contributed by atoms with van der Waals surface area (Å²) < 4.78 is 17.9. The Morgan fingerprint density at radius 2 is 2.06 bits per heavy atom. The third-order valence-electron chi connectivity index (χ3n) is 2.60. The van der Waals surface area contributed by atoms with Crippen LogP contribution >= 0.6 is 0 Å². The van der Waals surface area contributed by atoms with Crippen molar-refractivity contribution in [1.82, 2.24) is 15.1 Å². The minimum absolute atomic E-state index is 0.181. The maximum absolute atomic E-state index is 12.7. The van der Waals surface area contributed by atoms with Crippen LogP contribution in [0.3, 0.4) is 0 Å². The zero-order valence-electron chi connectivity index (χ0n) is 10.5. The molecule has 2 N–H and O–H groups in total. The van der Waals surface area contributed by atoms with Crippen molar-refractivity contribution in [2.45, 2.75) is 26.8 Å². The highest BCUT2D eigenvalue weighted by atomic mass is 19.1. The summed E-state index contributed by atoms with van der Waals surface area (Å²) in [5.74, 6) is 0.252. The van der Waals surface area contributed by atoms with E-state index in [4.69, 9.17) is 10.3 Å². The highest BCUT2D eigenvalue weighted by Crippen LogP contribution is 2.30. The summed E-state index contributed by atoms with van der Waals surface area (Å²) >= 11 is 0. The van der Waals surface area contributed by atoms with Crippen LogP contribution in [0.4, 0.5) is 4.39 Å². The van der Waals surface area contributed by atoms with Crippen LogP contribution in [0.2, 0.25) is 0 Å². The first-order valence-corrected chi connectivity index (χ1v) is 5.59. The molecule has 0 radical (unpaired) electrons. The van der Waals surface area contributed by atoms with Gasteiger partial charge >= 0.3 is 0 Å². The van der Waals surface area contributed by atoms with Crippen LogP contribution in [0, 0.1) is 11.2 Å². The maximum Gasteiger partial charge on any atom is 0.244 e. The quantitative estimate of drug-likeness (QED) is 0.884. The van der Waals surface area contributed by atoms with E-state index in [2.05, 4.69) is 15.1 Å². The average molecular weight is 250 g/mol. The summed E-state index contributed by atoms with van der Waals surface area (Å²) in [4.78, 5) is 8.07. The molecule has 0 spiro atoms. The van der Waals surface area contributed by atoms with Gasteiger partial charge in [0.1, 0.15) is 11.5 Å². The van der Waals surface area contributed by atoms with Crippen LogP contribution in [0.25, 0.3) is 11.5 Å². The molecule has 0 saturated carbocycles. The molecule has 0 fully saturated rings. The molecule has 0 bridgehead atoms. The predicted octanol–water partition coefficient (Wildman–Crippen LogP) is 2.32. The molecular weight excluding hydrogens is 235 g/mol. The lowest BCUT2D eigenvalue weighted by Crippen LogP contribution is -2.26. The molecule has 2 rings (SSSR count). The van der Waals surface area contributed by atoms with Crippen molar-refractivity contribution < 1.29 is 8.91 Å². The standard InChI is InChI=1S/C12H15FN4O/c1-12(2,3)9(14)11-16-10(17-18-11)8-5-4-7(13)6-15-8/h4-6,9H,14H2,1-3H3/t9-/m0/s1. The molecule has 0 amide bonds. The molecule has 1 atom stereocenters. The van der Waals surface area contributed by atoms with Gasteiger partial charge in [-0.3, -0.25) is 0 Å². The van der Waals surface area contributed by atoms with E-state index in [1.165, 1.54) is 12.1 Å². The molecule has 18 heavy (non-hydrogen) atoms. The minimum atomic E-state index is -0.408. The summed E-state index contributed by atoms with van der Waals surface area (Å²) in [6, 6.07) is 2.42. The molecule has 5 nitrogen and oxygen atoms in total. The third kappa shape index (κ3) is 2.53. The number of rotatable bonds is 2. The lowest BCUT2D eigenvalue weighted by atomic mass is 9.87. The van der Waals surface area contributed by atoms with Gasteiger partial charge in [0.25, 0.3) is 0 Å². The summed E-state index contributed by atoms with van der Waals surface area (Å²) in [5.41, 5.74) is 6.28. The largest absolute Gasteiger partial charge is 0.337 e. The monoisotopic (exact) mass is 250 g/mol. The van der Waals surface area contributed by atoms with Crippen LogP contribution in [-0.4, -0.2) is 15.1 Å². The second-order valence-corrected chi connectivity index (χ2v) is 5.16. The molecule has 0 saturated heterocycles. The molecule has 0 unspecified atom stereocenters. The fourth-order valence-electron chi connectivity index (χ4n) is 1.34. The zero-order chi connectivity index (χ0) is 13.3. The highest BCUT2D eigenvalue weighted by Gasteiger charge is 2.27. The van der Waals surface area contributed by atoms with Crippen LogP contribution in [0.15, 0.2) is 22.9 Å². The van der Waals surface area contributed by atoms with Crippen LogP contribution in [0.5, 0.6) is 0 Å². The Labute approximate surface area is 104 Å². The number of halogens is 1. The number of hydrogen-bond donors (Lipinski definition) is 1. The van der Waals surface area contributed by atoms with Crippen molar-refractivity contribution in [3.05, 3.63) is 30.0 Å². The molecule has 6 heteroatoms. The van der Waals surface area contributed by atoms with Crippen LogP contribution in [-0.2, 0) is 0 Å². The Morgan fingerprint density at radius 1 is 1.33 bits per heavy atom. The normalized spacial score (nSPS) is 13.6. The van der Waals surface area contributed by atoms with Gasteiger partial charge in [0.05, 0.1) is 12.2 Å². The smallest absolute Gasteiger partial charge is 0.244 e. The van der Waals surface area contributed by atoms with Gasteiger partial charge in [0.2, 0.25) is 11.7 Å². The van der Waals surface area contributed by atoms with Gasteiger partial charge in [-0.15, -0.1) is 0 Å². The summed E-state index contributed by atoms with van der Waals surface area (Å²) in [7, 11) is 0. The van der Waals surface area contributed by atoms with Gasteiger partial charge in [-0.05, 0) is 17.5 Å². The molecule has 0 aliphatic heterocycles. The van der Waals surface area contributed by atoms with Gasteiger partial charge in [-0.25, -0.2) is 9.37 Å². The average Bonchev–Trinajstić information content (AvgIpc) is 2.77. The Hall–Kier alpha value is -1.82. The van der Waals surface area contributed by atoms with Gasteiger partial charge in [-0.2, -0.15) is 4.98 Å². The van der Waals surface area contributed by atoms with E-state index in [0.29, 0.717) is 17.4 Å².